The first-order valence-electron chi connectivity index (χ1n) is 5.92. The summed E-state index contributed by atoms with van der Waals surface area (Å²) in [5, 5.41) is 3.34. The molecule has 3 nitrogen and oxygen atoms in total. The van der Waals surface area contributed by atoms with Gasteiger partial charge < -0.3 is 14.8 Å². The van der Waals surface area contributed by atoms with Crippen LogP contribution in [0.25, 0.3) is 0 Å². The Bertz CT molecular complexity index is 303. The SMILES string of the molecule is CCOCC(C)NCCOc1ccc(Br)cc1. The van der Waals surface area contributed by atoms with Crippen molar-refractivity contribution in [2.24, 2.45) is 0 Å². The van der Waals surface area contributed by atoms with Crippen LogP contribution >= 0.6 is 15.9 Å². The summed E-state index contributed by atoms with van der Waals surface area (Å²) in [5.74, 6) is 0.896. The molecule has 1 N–H and O–H groups in total. The van der Waals surface area contributed by atoms with E-state index in [0.29, 0.717) is 12.6 Å². The highest BCUT2D eigenvalue weighted by molar-refractivity contribution is 9.10. The molecular formula is C13H20BrNO2. The molecule has 96 valence electrons. The summed E-state index contributed by atoms with van der Waals surface area (Å²) >= 11 is 3.39. The molecule has 0 aromatic heterocycles. The predicted molar refractivity (Wildman–Crippen MR) is 73.6 cm³/mol. The van der Waals surface area contributed by atoms with Gasteiger partial charge in [-0.1, -0.05) is 15.9 Å². The van der Waals surface area contributed by atoms with Gasteiger partial charge in [0.2, 0.25) is 0 Å². The average Bonchev–Trinajstić information content (AvgIpc) is 2.34. The Morgan fingerprint density at radius 1 is 1.29 bits per heavy atom. The van der Waals surface area contributed by atoms with E-state index < -0.39 is 0 Å². The van der Waals surface area contributed by atoms with Gasteiger partial charge in [-0.3, -0.25) is 0 Å². The zero-order valence-electron chi connectivity index (χ0n) is 10.4. The molecule has 0 aliphatic rings. The van der Waals surface area contributed by atoms with Crippen LogP contribution < -0.4 is 10.1 Å². The van der Waals surface area contributed by atoms with E-state index in [1.54, 1.807) is 0 Å². The van der Waals surface area contributed by atoms with Gasteiger partial charge in [-0.15, -0.1) is 0 Å². The standard InChI is InChI=1S/C13H20BrNO2/c1-3-16-10-11(2)15-8-9-17-13-6-4-12(14)5-7-13/h4-7,11,15H,3,8-10H2,1-2H3. The number of hydrogen-bond acceptors (Lipinski definition) is 3. The van der Waals surface area contributed by atoms with Gasteiger partial charge in [0.05, 0.1) is 6.61 Å². The van der Waals surface area contributed by atoms with Crippen LogP contribution in [0.5, 0.6) is 5.75 Å². The number of ether oxygens (including phenoxy) is 2. The molecule has 1 aromatic rings. The predicted octanol–water partition coefficient (Wildman–Crippen LogP) is 2.84. The van der Waals surface area contributed by atoms with Gasteiger partial charge in [-0.2, -0.15) is 0 Å². The first-order valence-corrected chi connectivity index (χ1v) is 6.71. The van der Waals surface area contributed by atoms with Crippen LogP contribution in [0.3, 0.4) is 0 Å². The maximum absolute atomic E-state index is 5.59. The Morgan fingerprint density at radius 2 is 2.00 bits per heavy atom. The van der Waals surface area contributed by atoms with Crippen LogP contribution in [0.4, 0.5) is 0 Å². The van der Waals surface area contributed by atoms with E-state index in [1.807, 2.05) is 31.2 Å². The van der Waals surface area contributed by atoms with E-state index in [-0.39, 0.29) is 0 Å². The van der Waals surface area contributed by atoms with Crippen molar-refractivity contribution < 1.29 is 9.47 Å². The molecule has 0 saturated carbocycles. The molecule has 1 atom stereocenters. The third-order valence-electron chi connectivity index (χ3n) is 2.25. The van der Waals surface area contributed by atoms with Gasteiger partial charge in [0.15, 0.2) is 0 Å². The molecule has 17 heavy (non-hydrogen) atoms. The van der Waals surface area contributed by atoms with Crippen LogP contribution in [-0.4, -0.2) is 32.4 Å². The molecule has 0 saturated heterocycles. The fourth-order valence-corrected chi connectivity index (χ4v) is 1.62. The number of benzene rings is 1. The number of halogens is 1. The van der Waals surface area contributed by atoms with E-state index in [1.165, 1.54) is 0 Å². The summed E-state index contributed by atoms with van der Waals surface area (Å²) in [6.45, 7) is 7.11. The largest absolute Gasteiger partial charge is 0.492 e. The first-order chi connectivity index (χ1) is 8.22. The fraction of sp³-hybridized carbons (Fsp3) is 0.538. The maximum Gasteiger partial charge on any atom is 0.119 e. The smallest absolute Gasteiger partial charge is 0.119 e. The summed E-state index contributed by atoms with van der Waals surface area (Å²) in [4.78, 5) is 0. The second kappa shape index (κ2) is 8.50. The monoisotopic (exact) mass is 301 g/mol. The highest BCUT2D eigenvalue weighted by Gasteiger charge is 2.00. The van der Waals surface area contributed by atoms with Gasteiger partial charge in [0, 0.05) is 23.7 Å². The Labute approximate surface area is 112 Å². The molecule has 4 heteroatoms. The van der Waals surface area contributed by atoms with E-state index in [2.05, 4.69) is 28.2 Å². The molecule has 0 radical (unpaired) electrons. The van der Waals surface area contributed by atoms with E-state index >= 15 is 0 Å². The minimum Gasteiger partial charge on any atom is -0.492 e. The summed E-state index contributed by atoms with van der Waals surface area (Å²) in [6.07, 6.45) is 0. The molecular weight excluding hydrogens is 282 g/mol. The van der Waals surface area contributed by atoms with Crippen molar-refractivity contribution in [3.8, 4) is 5.75 Å². The first kappa shape index (κ1) is 14.5. The summed E-state index contributed by atoms with van der Waals surface area (Å²) < 4.78 is 12.0. The van der Waals surface area contributed by atoms with Gasteiger partial charge in [-0.05, 0) is 38.1 Å². The topological polar surface area (TPSA) is 30.5 Å². The number of hydrogen-bond donors (Lipinski definition) is 1. The molecule has 1 rings (SSSR count). The minimum atomic E-state index is 0.364. The van der Waals surface area contributed by atoms with Crippen LogP contribution in [0.1, 0.15) is 13.8 Å². The highest BCUT2D eigenvalue weighted by atomic mass is 79.9. The van der Waals surface area contributed by atoms with E-state index in [9.17, 15) is 0 Å². The minimum absolute atomic E-state index is 0.364. The second-order valence-corrected chi connectivity index (χ2v) is 4.73. The van der Waals surface area contributed by atoms with Crippen LogP contribution in [0, 0.1) is 0 Å². The molecule has 0 spiro atoms. The normalized spacial score (nSPS) is 12.4. The third-order valence-corrected chi connectivity index (χ3v) is 2.78. The Balaban J connectivity index is 2.09. The van der Waals surface area contributed by atoms with Crippen LogP contribution in [0.2, 0.25) is 0 Å². The zero-order chi connectivity index (χ0) is 12.5. The quantitative estimate of drug-likeness (QED) is 0.749. The molecule has 0 bridgehead atoms. The second-order valence-electron chi connectivity index (χ2n) is 3.82. The molecule has 1 unspecified atom stereocenters. The Hall–Kier alpha value is -0.580. The fourth-order valence-electron chi connectivity index (χ4n) is 1.36. The third kappa shape index (κ3) is 6.66. The van der Waals surface area contributed by atoms with Crippen molar-refractivity contribution in [3.63, 3.8) is 0 Å². The van der Waals surface area contributed by atoms with Crippen molar-refractivity contribution in [1.82, 2.24) is 5.32 Å². The Kier molecular flexibility index (Phi) is 7.24. The zero-order valence-corrected chi connectivity index (χ0v) is 12.0. The van der Waals surface area contributed by atoms with E-state index in [4.69, 9.17) is 9.47 Å². The maximum atomic E-state index is 5.59. The summed E-state index contributed by atoms with van der Waals surface area (Å²) in [7, 11) is 0. The lowest BCUT2D eigenvalue weighted by Crippen LogP contribution is -2.33. The molecule has 1 aromatic carbocycles. The Morgan fingerprint density at radius 3 is 2.65 bits per heavy atom. The number of nitrogens with one attached hydrogen (secondary N) is 1. The van der Waals surface area contributed by atoms with Crippen LogP contribution in [-0.2, 0) is 4.74 Å². The van der Waals surface area contributed by atoms with Crippen molar-refractivity contribution in [3.05, 3.63) is 28.7 Å². The van der Waals surface area contributed by atoms with Gasteiger partial charge in [0.1, 0.15) is 12.4 Å². The highest BCUT2D eigenvalue weighted by Crippen LogP contribution is 2.15. The lowest BCUT2D eigenvalue weighted by atomic mass is 10.3. The van der Waals surface area contributed by atoms with Gasteiger partial charge >= 0.3 is 0 Å². The molecule has 0 heterocycles. The lowest BCUT2D eigenvalue weighted by Gasteiger charge is -2.13. The number of rotatable bonds is 8. The van der Waals surface area contributed by atoms with Crippen molar-refractivity contribution in [2.75, 3.05) is 26.4 Å². The van der Waals surface area contributed by atoms with Crippen molar-refractivity contribution >= 4 is 15.9 Å². The van der Waals surface area contributed by atoms with E-state index in [0.717, 1.165) is 30.0 Å². The van der Waals surface area contributed by atoms with Gasteiger partial charge in [-0.25, -0.2) is 0 Å². The van der Waals surface area contributed by atoms with Gasteiger partial charge in [0.25, 0.3) is 0 Å². The summed E-state index contributed by atoms with van der Waals surface area (Å²) in [5.41, 5.74) is 0. The molecule has 0 aliphatic heterocycles. The molecule has 0 amide bonds. The van der Waals surface area contributed by atoms with Crippen LogP contribution in [0.15, 0.2) is 28.7 Å². The average molecular weight is 302 g/mol. The van der Waals surface area contributed by atoms with Crippen molar-refractivity contribution in [2.45, 2.75) is 19.9 Å². The molecule has 0 fully saturated rings. The van der Waals surface area contributed by atoms with Crippen molar-refractivity contribution in [1.29, 1.82) is 0 Å². The summed E-state index contributed by atoms with van der Waals surface area (Å²) in [6, 6.07) is 8.21. The lowest BCUT2D eigenvalue weighted by molar-refractivity contribution is 0.126. The molecule has 0 aliphatic carbocycles.